The van der Waals surface area contributed by atoms with Crippen molar-refractivity contribution in [1.29, 1.82) is 0 Å². The van der Waals surface area contributed by atoms with E-state index in [0.717, 1.165) is 28.0 Å². The monoisotopic (exact) mass is 298 g/mol. The fraction of sp³-hybridized carbons (Fsp3) is 0.500. The highest BCUT2D eigenvalue weighted by atomic mass is 35.5. The zero-order valence-corrected chi connectivity index (χ0v) is 13.5. The van der Waals surface area contributed by atoms with E-state index < -0.39 is 0 Å². The molecule has 2 N–H and O–H groups in total. The van der Waals surface area contributed by atoms with Crippen LogP contribution in [-0.4, -0.2) is 53.1 Å². The second-order valence-corrected chi connectivity index (χ2v) is 5.56. The molecule has 1 aromatic carbocycles. The highest BCUT2D eigenvalue weighted by Crippen LogP contribution is 2.31. The van der Waals surface area contributed by atoms with Crippen molar-refractivity contribution in [3.63, 3.8) is 0 Å². The lowest BCUT2D eigenvalue weighted by Gasteiger charge is -2.17. The molecule has 0 aliphatic heterocycles. The number of phenols is 1. The number of H-pyrrole nitrogens is 1. The third kappa shape index (κ3) is 3.42. The molecule has 0 spiro atoms. The van der Waals surface area contributed by atoms with Crippen LogP contribution in [0, 0.1) is 6.92 Å². The summed E-state index contributed by atoms with van der Waals surface area (Å²) in [7, 11) is 7.97. The number of benzene rings is 1. The Morgan fingerprint density at radius 2 is 1.75 bits per heavy atom. The van der Waals surface area contributed by atoms with Gasteiger partial charge in [-0.3, -0.25) is 0 Å². The highest BCUT2D eigenvalue weighted by molar-refractivity contribution is 5.85. The normalized spacial score (nSPS) is 11.3. The molecule has 1 aromatic heterocycles. The molecule has 5 nitrogen and oxygen atoms in total. The van der Waals surface area contributed by atoms with Crippen LogP contribution in [0.4, 0.5) is 0 Å². The molecule has 112 valence electrons. The van der Waals surface area contributed by atoms with Gasteiger partial charge in [-0.2, -0.15) is 0 Å². The van der Waals surface area contributed by atoms with Crippen LogP contribution in [0.1, 0.15) is 17.0 Å². The number of rotatable bonds is 4. The zero-order valence-electron chi connectivity index (χ0n) is 12.7. The number of hydrogen-bond donors (Lipinski definition) is 2. The molecule has 0 aliphatic carbocycles. The molecule has 0 unspecified atom stereocenters. The van der Waals surface area contributed by atoms with Gasteiger partial charge in [0.05, 0.1) is 11.0 Å². The smallest absolute Gasteiger partial charge is 0.126 e. The predicted octanol–water partition coefficient (Wildman–Crippen LogP) is 2.12. The molecule has 0 fully saturated rings. The Hall–Kier alpha value is -1.30. The van der Waals surface area contributed by atoms with Crippen LogP contribution in [0.2, 0.25) is 0 Å². The van der Waals surface area contributed by atoms with E-state index in [0.29, 0.717) is 18.8 Å². The zero-order chi connectivity index (χ0) is 14.2. The number of hydrogen-bond acceptors (Lipinski definition) is 4. The van der Waals surface area contributed by atoms with Crippen LogP contribution in [0.25, 0.3) is 11.0 Å². The highest BCUT2D eigenvalue weighted by Gasteiger charge is 2.16. The van der Waals surface area contributed by atoms with Gasteiger partial charge in [0.1, 0.15) is 11.6 Å². The third-order valence-corrected chi connectivity index (χ3v) is 3.01. The van der Waals surface area contributed by atoms with E-state index in [9.17, 15) is 5.11 Å². The van der Waals surface area contributed by atoms with Gasteiger partial charge in [0.25, 0.3) is 0 Å². The first kappa shape index (κ1) is 16.8. The topological polar surface area (TPSA) is 55.4 Å². The molecular weight excluding hydrogens is 276 g/mol. The van der Waals surface area contributed by atoms with E-state index in [1.165, 1.54) is 0 Å². The summed E-state index contributed by atoms with van der Waals surface area (Å²) in [5.74, 6) is 1.23. The van der Waals surface area contributed by atoms with Crippen LogP contribution in [0.15, 0.2) is 6.07 Å². The van der Waals surface area contributed by atoms with Gasteiger partial charge in [0.2, 0.25) is 0 Å². The Kier molecular flexibility index (Phi) is 5.39. The van der Waals surface area contributed by atoms with E-state index in [2.05, 4.69) is 9.97 Å². The van der Waals surface area contributed by atoms with Gasteiger partial charge in [-0.05, 0) is 41.2 Å². The number of fused-ring (bicyclic) bond motifs is 1. The van der Waals surface area contributed by atoms with Crippen molar-refractivity contribution >= 4 is 23.4 Å². The van der Waals surface area contributed by atoms with E-state index >= 15 is 0 Å². The second-order valence-electron chi connectivity index (χ2n) is 5.56. The molecule has 2 rings (SSSR count). The van der Waals surface area contributed by atoms with Crippen molar-refractivity contribution < 1.29 is 5.11 Å². The summed E-state index contributed by atoms with van der Waals surface area (Å²) in [6.45, 7) is 3.32. The lowest BCUT2D eigenvalue weighted by Crippen LogP contribution is -2.14. The van der Waals surface area contributed by atoms with E-state index in [1.807, 2.05) is 51.0 Å². The fourth-order valence-corrected chi connectivity index (χ4v) is 2.32. The van der Waals surface area contributed by atoms with Crippen LogP contribution >= 0.6 is 12.4 Å². The molecule has 0 radical (unpaired) electrons. The van der Waals surface area contributed by atoms with Crippen LogP contribution in [0.3, 0.4) is 0 Å². The van der Waals surface area contributed by atoms with Crippen molar-refractivity contribution in [3.8, 4) is 5.75 Å². The average Bonchev–Trinajstić information content (AvgIpc) is 2.63. The number of imidazole rings is 1. The van der Waals surface area contributed by atoms with E-state index in [1.54, 1.807) is 0 Å². The predicted molar refractivity (Wildman–Crippen MR) is 84.5 cm³/mol. The fourth-order valence-electron chi connectivity index (χ4n) is 2.32. The summed E-state index contributed by atoms with van der Waals surface area (Å²) in [5.41, 5.74) is 3.68. The number of nitrogens with one attached hydrogen (secondary N) is 1. The largest absolute Gasteiger partial charge is 0.507 e. The summed E-state index contributed by atoms with van der Waals surface area (Å²) < 4.78 is 0. The first-order chi connectivity index (χ1) is 8.88. The second kappa shape index (κ2) is 6.43. The van der Waals surface area contributed by atoms with Crippen molar-refractivity contribution in [3.05, 3.63) is 23.0 Å². The quantitative estimate of drug-likeness (QED) is 0.908. The van der Waals surface area contributed by atoms with Crippen LogP contribution in [-0.2, 0) is 13.1 Å². The molecule has 0 saturated carbocycles. The standard InChI is InChI=1S/C14H22N4O.ClH/c1-9-15-12-6-10(7-17(2)3)14(19)11(8-18(4)5)13(12)16-9;/h6,19H,7-8H2,1-5H3,(H,15,16);1H. The van der Waals surface area contributed by atoms with Crippen molar-refractivity contribution in [2.45, 2.75) is 20.0 Å². The summed E-state index contributed by atoms with van der Waals surface area (Å²) in [6.07, 6.45) is 0. The van der Waals surface area contributed by atoms with Gasteiger partial charge in [-0.15, -0.1) is 12.4 Å². The maximum Gasteiger partial charge on any atom is 0.126 e. The summed E-state index contributed by atoms with van der Waals surface area (Å²) >= 11 is 0. The SMILES string of the molecule is Cc1nc2c(CN(C)C)c(O)c(CN(C)C)cc2[nH]1.Cl. The molecule has 0 amide bonds. The molecular formula is C14H23ClN4O. The molecule has 20 heavy (non-hydrogen) atoms. The van der Waals surface area contributed by atoms with Gasteiger partial charge in [0, 0.05) is 24.2 Å². The Balaban J connectivity index is 0.00000200. The maximum atomic E-state index is 10.5. The Morgan fingerprint density at radius 1 is 1.15 bits per heavy atom. The van der Waals surface area contributed by atoms with Crippen molar-refractivity contribution in [2.24, 2.45) is 0 Å². The number of phenolic OH excluding ortho intramolecular Hbond substituents is 1. The molecule has 6 heteroatoms. The van der Waals surface area contributed by atoms with Gasteiger partial charge >= 0.3 is 0 Å². The lowest BCUT2D eigenvalue weighted by molar-refractivity contribution is 0.370. The van der Waals surface area contributed by atoms with Gasteiger partial charge in [-0.1, -0.05) is 0 Å². The molecule has 1 heterocycles. The number of nitrogens with zero attached hydrogens (tertiary/aromatic N) is 3. The maximum absolute atomic E-state index is 10.5. The Labute approximate surface area is 126 Å². The summed E-state index contributed by atoms with van der Waals surface area (Å²) in [5, 5.41) is 10.5. The van der Waals surface area contributed by atoms with Gasteiger partial charge < -0.3 is 19.9 Å². The van der Waals surface area contributed by atoms with E-state index in [-0.39, 0.29) is 12.4 Å². The number of aryl methyl sites for hydroxylation is 1. The third-order valence-electron chi connectivity index (χ3n) is 3.01. The first-order valence-electron chi connectivity index (χ1n) is 6.38. The molecule has 2 aromatic rings. The lowest BCUT2D eigenvalue weighted by atomic mass is 10.1. The summed E-state index contributed by atoms with van der Waals surface area (Å²) in [4.78, 5) is 11.8. The minimum atomic E-state index is 0. The Bertz CT molecular complexity index is 592. The molecule has 0 saturated heterocycles. The van der Waals surface area contributed by atoms with Crippen molar-refractivity contribution in [1.82, 2.24) is 19.8 Å². The number of aromatic nitrogens is 2. The molecule has 0 bridgehead atoms. The molecule has 0 atom stereocenters. The minimum absolute atomic E-state index is 0. The number of aromatic amines is 1. The van der Waals surface area contributed by atoms with Crippen LogP contribution in [0.5, 0.6) is 5.75 Å². The van der Waals surface area contributed by atoms with Crippen molar-refractivity contribution in [2.75, 3.05) is 28.2 Å². The first-order valence-corrected chi connectivity index (χ1v) is 6.38. The van der Waals surface area contributed by atoms with Crippen LogP contribution < -0.4 is 0 Å². The van der Waals surface area contributed by atoms with Gasteiger partial charge in [0.15, 0.2) is 0 Å². The average molecular weight is 299 g/mol. The Morgan fingerprint density at radius 3 is 2.30 bits per heavy atom. The van der Waals surface area contributed by atoms with Gasteiger partial charge in [-0.25, -0.2) is 4.98 Å². The number of halogens is 1. The van der Waals surface area contributed by atoms with E-state index in [4.69, 9.17) is 0 Å². The number of aromatic hydroxyl groups is 1. The summed E-state index contributed by atoms with van der Waals surface area (Å²) in [6, 6.07) is 1.99. The molecule has 0 aliphatic rings. The minimum Gasteiger partial charge on any atom is -0.507 e.